The zero-order valence-electron chi connectivity index (χ0n) is 11.6. The van der Waals surface area contributed by atoms with Crippen molar-refractivity contribution in [2.24, 2.45) is 0 Å². The van der Waals surface area contributed by atoms with E-state index in [1.807, 2.05) is 17.5 Å². The lowest BCUT2D eigenvalue weighted by atomic mass is 10.2. The van der Waals surface area contributed by atoms with Gasteiger partial charge in [0.1, 0.15) is 12.4 Å². The molecule has 9 heteroatoms. The number of ether oxygens (including phenoxy) is 1. The molecular weight excluding hydrogens is 387 g/mol. The molecule has 3 aromatic rings. The minimum atomic E-state index is -0.567. The summed E-state index contributed by atoms with van der Waals surface area (Å²) in [6.45, 7) is -0.332. The van der Waals surface area contributed by atoms with Gasteiger partial charge in [0.25, 0.3) is 0 Å². The first-order valence-electron chi connectivity index (χ1n) is 6.53. The average molecular weight is 397 g/mol. The number of hydrogen-bond acceptors (Lipinski definition) is 6. The van der Waals surface area contributed by atoms with Crippen LogP contribution in [0, 0.1) is 5.82 Å². The number of thiophene rings is 1. The third kappa shape index (κ3) is 3.99. The Morgan fingerprint density at radius 3 is 3.00 bits per heavy atom. The summed E-state index contributed by atoms with van der Waals surface area (Å²) in [5, 5.41) is 13.7. The van der Waals surface area contributed by atoms with E-state index in [2.05, 4.69) is 31.3 Å². The molecule has 0 N–H and O–H groups in total. The second kappa shape index (κ2) is 6.97. The minimum absolute atomic E-state index is 0.148. The molecule has 0 amide bonds. The van der Waals surface area contributed by atoms with E-state index in [4.69, 9.17) is 4.74 Å². The van der Waals surface area contributed by atoms with E-state index in [9.17, 15) is 9.18 Å². The summed E-state index contributed by atoms with van der Waals surface area (Å²) in [5.74, 6) is -0.555. The molecule has 0 saturated heterocycles. The zero-order valence-corrected chi connectivity index (χ0v) is 14.1. The number of benzene rings is 1. The van der Waals surface area contributed by atoms with Crippen LogP contribution in [0.5, 0.6) is 0 Å². The molecule has 0 atom stereocenters. The first kappa shape index (κ1) is 15.8. The van der Waals surface area contributed by atoms with Crippen LogP contribution in [-0.4, -0.2) is 26.2 Å². The number of carbonyl (C=O) groups is 1. The van der Waals surface area contributed by atoms with Gasteiger partial charge < -0.3 is 4.74 Å². The van der Waals surface area contributed by atoms with E-state index < -0.39 is 11.8 Å². The molecule has 0 aliphatic heterocycles. The maximum Gasteiger partial charge on any atom is 0.330 e. The van der Waals surface area contributed by atoms with E-state index >= 15 is 0 Å². The standard InChI is InChI=1S/C14H10BrFN4O2S/c15-10-4-3-9(11(16)6-10)8-22-13(21)7-20-18-14(17-19-20)12-2-1-5-23-12/h1-6H,7-8H2. The molecule has 6 nitrogen and oxygen atoms in total. The number of hydrogen-bond donors (Lipinski definition) is 0. The fourth-order valence-electron chi connectivity index (χ4n) is 1.77. The molecule has 0 bridgehead atoms. The van der Waals surface area contributed by atoms with Gasteiger partial charge in [0.15, 0.2) is 6.54 Å². The SMILES string of the molecule is O=C(Cn1nnc(-c2cccs2)n1)OCc1ccc(Br)cc1F. The Morgan fingerprint density at radius 1 is 1.39 bits per heavy atom. The van der Waals surface area contributed by atoms with Crippen LogP contribution in [0.1, 0.15) is 5.56 Å². The number of aromatic nitrogens is 4. The highest BCUT2D eigenvalue weighted by molar-refractivity contribution is 9.10. The summed E-state index contributed by atoms with van der Waals surface area (Å²) in [4.78, 5) is 13.8. The molecule has 0 fully saturated rings. The lowest BCUT2D eigenvalue weighted by molar-refractivity contribution is -0.146. The number of carbonyl (C=O) groups excluding carboxylic acids is 1. The van der Waals surface area contributed by atoms with Gasteiger partial charge in [-0.05, 0) is 28.8 Å². The number of halogens is 2. The first-order chi connectivity index (χ1) is 11.1. The van der Waals surface area contributed by atoms with Crippen molar-refractivity contribution >= 4 is 33.2 Å². The number of nitrogens with zero attached hydrogens (tertiary/aromatic N) is 4. The number of tetrazole rings is 1. The molecular formula is C14H10BrFN4O2S. The summed E-state index contributed by atoms with van der Waals surface area (Å²) < 4.78 is 19.3. The maximum atomic E-state index is 13.6. The van der Waals surface area contributed by atoms with Gasteiger partial charge >= 0.3 is 5.97 Å². The Balaban J connectivity index is 1.57. The predicted molar refractivity (Wildman–Crippen MR) is 85.0 cm³/mol. The third-order valence-corrected chi connectivity index (χ3v) is 4.23. The topological polar surface area (TPSA) is 69.9 Å². The van der Waals surface area contributed by atoms with Crippen LogP contribution < -0.4 is 0 Å². The molecule has 3 rings (SSSR count). The van der Waals surface area contributed by atoms with Crippen molar-refractivity contribution in [2.45, 2.75) is 13.2 Å². The second-order valence-corrected chi connectivity index (χ2v) is 6.38. The highest BCUT2D eigenvalue weighted by Crippen LogP contribution is 2.19. The van der Waals surface area contributed by atoms with Gasteiger partial charge in [-0.15, -0.1) is 21.5 Å². The molecule has 0 aliphatic carbocycles. The summed E-state index contributed by atoms with van der Waals surface area (Å²) in [5.41, 5.74) is 0.298. The average Bonchev–Trinajstić information content (AvgIpc) is 3.17. The highest BCUT2D eigenvalue weighted by Gasteiger charge is 2.12. The van der Waals surface area contributed by atoms with Crippen molar-refractivity contribution in [3.63, 3.8) is 0 Å². The quantitative estimate of drug-likeness (QED) is 0.619. The van der Waals surface area contributed by atoms with Crippen LogP contribution in [0.15, 0.2) is 40.2 Å². The van der Waals surface area contributed by atoms with Gasteiger partial charge in [0.2, 0.25) is 5.82 Å². The van der Waals surface area contributed by atoms with Crippen molar-refractivity contribution in [1.82, 2.24) is 20.2 Å². The van der Waals surface area contributed by atoms with Gasteiger partial charge in [-0.1, -0.05) is 28.1 Å². The first-order valence-corrected chi connectivity index (χ1v) is 8.20. The van der Waals surface area contributed by atoms with Gasteiger partial charge in [-0.3, -0.25) is 0 Å². The van der Waals surface area contributed by atoms with E-state index in [1.165, 1.54) is 17.4 Å². The Bertz CT molecular complexity index is 822. The second-order valence-electron chi connectivity index (χ2n) is 4.52. The van der Waals surface area contributed by atoms with Crippen LogP contribution in [0.2, 0.25) is 0 Å². The largest absolute Gasteiger partial charge is 0.459 e. The molecule has 118 valence electrons. The number of rotatable bonds is 5. The van der Waals surface area contributed by atoms with E-state index in [0.717, 1.165) is 9.67 Å². The summed E-state index contributed by atoms with van der Waals surface area (Å²) in [6, 6.07) is 8.28. The fraction of sp³-hybridized carbons (Fsp3) is 0.143. The Hall–Kier alpha value is -2.13. The Labute approximate surface area is 143 Å². The lowest BCUT2D eigenvalue weighted by Crippen LogP contribution is -2.16. The minimum Gasteiger partial charge on any atom is -0.459 e. The summed E-state index contributed by atoms with van der Waals surface area (Å²) in [7, 11) is 0. The van der Waals surface area contributed by atoms with Crippen molar-refractivity contribution in [1.29, 1.82) is 0 Å². The Kier molecular flexibility index (Phi) is 4.77. The van der Waals surface area contributed by atoms with Crippen molar-refractivity contribution < 1.29 is 13.9 Å². The molecule has 2 heterocycles. The molecule has 2 aromatic heterocycles. The maximum absolute atomic E-state index is 13.6. The van der Waals surface area contributed by atoms with Crippen LogP contribution in [0.4, 0.5) is 4.39 Å². The predicted octanol–water partition coefficient (Wildman–Crippen LogP) is 3.05. The smallest absolute Gasteiger partial charge is 0.330 e. The Morgan fingerprint density at radius 2 is 2.26 bits per heavy atom. The molecule has 0 radical (unpaired) electrons. The highest BCUT2D eigenvalue weighted by atomic mass is 79.9. The van der Waals surface area contributed by atoms with Crippen LogP contribution in [-0.2, 0) is 22.7 Å². The van der Waals surface area contributed by atoms with Crippen molar-refractivity contribution in [2.75, 3.05) is 0 Å². The molecule has 0 spiro atoms. The van der Waals surface area contributed by atoms with Crippen LogP contribution in [0.25, 0.3) is 10.7 Å². The fourth-order valence-corrected chi connectivity index (χ4v) is 2.75. The number of esters is 1. The molecule has 0 aliphatic rings. The third-order valence-electron chi connectivity index (χ3n) is 2.87. The lowest BCUT2D eigenvalue weighted by Gasteiger charge is -2.05. The zero-order chi connectivity index (χ0) is 16.2. The van der Waals surface area contributed by atoms with Gasteiger partial charge in [-0.25, -0.2) is 9.18 Å². The molecule has 0 saturated carbocycles. The van der Waals surface area contributed by atoms with Gasteiger partial charge in [-0.2, -0.15) is 4.80 Å². The van der Waals surface area contributed by atoms with Crippen molar-refractivity contribution in [3.05, 3.63) is 51.6 Å². The van der Waals surface area contributed by atoms with Crippen LogP contribution >= 0.6 is 27.3 Å². The summed E-state index contributed by atoms with van der Waals surface area (Å²) in [6.07, 6.45) is 0. The van der Waals surface area contributed by atoms with Crippen LogP contribution in [0.3, 0.4) is 0 Å². The molecule has 1 aromatic carbocycles. The van der Waals surface area contributed by atoms with Crippen molar-refractivity contribution in [3.8, 4) is 10.7 Å². The molecule has 0 unspecified atom stereocenters. The van der Waals surface area contributed by atoms with Gasteiger partial charge in [0.05, 0.1) is 4.88 Å². The van der Waals surface area contributed by atoms with E-state index in [0.29, 0.717) is 15.9 Å². The molecule has 23 heavy (non-hydrogen) atoms. The summed E-state index contributed by atoms with van der Waals surface area (Å²) >= 11 is 4.64. The van der Waals surface area contributed by atoms with E-state index in [1.54, 1.807) is 12.1 Å². The normalized spacial score (nSPS) is 10.7. The monoisotopic (exact) mass is 396 g/mol. The van der Waals surface area contributed by atoms with Gasteiger partial charge in [0, 0.05) is 10.0 Å². The van der Waals surface area contributed by atoms with E-state index in [-0.39, 0.29) is 13.2 Å².